The summed E-state index contributed by atoms with van der Waals surface area (Å²) in [4.78, 5) is 2.55. The Hall–Kier alpha value is 0.180. The fourth-order valence-electron chi connectivity index (χ4n) is 1.93. The normalized spacial score (nSPS) is 30.4. The smallest absolute Gasteiger partial charge is 0.0251 e. The molecule has 76 valence electrons. The number of rotatable bonds is 3. The van der Waals surface area contributed by atoms with Crippen LogP contribution in [0.3, 0.4) is 0 Å². The first kappa shape index (κ1) is 11.3. The number of hydrogen-bond acceptors (Lipinski definition) is 1. The number of alkyl halides is 1. The molecule has 1 aliphatic heterocycles. The summed E-state index contributed by atoms with van der Waals surface area (Å²) in [6, 6.07) is 0.743. The highest BCUT2D eigenvalue weighted by Crippen LogP contribution is 2.21. The zero-order valence-electron chi connectivity index (χ0n) is 8.72. The molecule has 0 saturated carbocycles. The Balaban J connectivity index is 2.41. The molecule has 2 unspecified atom stereocenters. The molecule has 1 saturated heterocycles. The predicted octanol–water partition coefficient (Wildman–Crippen LogP) is 3.06. The molecule has 1 heterocycles. The molecule has 0 bridgehead atoms. The Bertz CT molecular complexity index is 179. The quantitative estimate of drug-likeness (QED) is 0.546. The molecule has 0 aromatic heterocycles. The number of halogens is 1. The van der Waals surface area contributed by atoms with Gasteiger partial charge in [0.05, 0.1) is 0 Å². The number of hydrogen-bond donors (Lipinski definition) is 0. The summed E-state index contributed by atoms with van der Waals surface area (Å²) >= 11 is 3.45. The third-order valence-corrected chi connectivity index (χ3v) is 3.66. The molecule has 0 aromatic rings. The van der Waals surface area contributed by atoms with Crippen LogP contribution < -0.4 is 0 Å². The van der Waals surface area contributed by atoms with E-state index in [1.165, 1.54) is 25.0 Å². The lowest BCUT2D eigenvalue weighted by molar-refractivity contribution is 0.137. The molecule has 1 rings (SSSR count). The van der Waals surface area contributed by atoms with Crippen molar-refractivity contribution in [2.45, 2.75) is 32.7 Å². The molecule has 0 aromatic carbocycles. The van der Waals surface area contributed by atoms with Crippen LogP contribution in [0.25, 0.3) is 0 Å². The molecule has 2 atom stereocenters. The minimum Gasteiger partial charge on any atom is -0.296 e. The second-order valence-corrected chi connectivity index (χ2v) is 4.91. The van der Waals surface area contributed by atoms with Gasteiger partial charge in [0.2, 0.25) is 0 Å². The van der Waals surface area contributed by atoms with E-state index in [2.05, 4.69) is 41.3 Å². The summed E-state index contributed by atoms with van der Waals surface area (Å²) in [6.07, 6.45) is 2.73. The lowest BCUT2D eigenvalue weighted by atomic mass is 9.95. The second-order valence-electron chi connectivity index (χ2n) is 4.34. The second kappa shape index (κ2) is 5.16. The molecule has 0 spiro atoms. The maximum atomic E-state index is 4.04. The Kier molecular flexibility index (Phi) is 4.47. The van der Waals surface area contributed by atoms with Crippen molar-refractivity contribution in [3.63, 3.8) is 0 Å². The summed E-state index contributed by atoms with van der Waals surface area (Å²) in [5, 5.41) is 0.935. The molecule has 1 aliphatic rings. The number of likely N-dealkylation sites (tertiary alicyclic amines) is 1. The van der Waals surface area contributed by atoms with Gasteiger partial charge in [-0.05, 0) is 25.7 Å². The SMILES string of the molecule is C=C(CBr)CN1CC(C)CCC1C. The lowest BCUT2D eigenvalue weighted by Gasteiger charge is -2.37. The van der Waals surface area contributed by atoms with Crippen LogP contribution in [-0.4, -0.2) is 29.4 Å². The highest BCUT2D eigenvalue weighted by molar-refractivity contribution is 9.09. The zero-order valence-corrected chi connectivity index (χ0v) is 10.3. The third-order valence-electron chi connectivity index (χ3n) is 2.86. The molecule has 0 radical (unpaired) electrons. The average molecular weight is 246 g/mol. The standard InChI is InChI=1S/C11H20BrN/c1-9-4-5-11(3)13(7-9)8-10(2)6-12/h9,11H,2,4-8H2,1,3H3. The van der Waals surface area contributed by atoms with Gasteiger partial charge in [-0.3, -0.25) is 4.90 Å². The van der Waals surface area contributed by atoms with Gasteiger partial charge in [0.1, 0.15) is 0 Å². The topological polar surface area (TPSA) is 3.24 Å². The van der Waals surface area contributed by atoms with Crippen molar-refractivity contribution in [3.05, 3.63) is 12.2 Å². The van der Waals surface area contributed by atoms with E-state index >= 15 is 0 Å². The minimum atomic E-state index is 0.743. The highest BCUT2D eigenvalue weighted by atomic mass is 79.9. The molecule has 0 aliphatic carbocycles. The van der Waals surface area contributed by atoms with E-state index in [4.69, 9.17) is 0 Å². The van der Waals surface area contributed by atoms with Gasteiger partial charge in [0.25, 0.3) is 0 Å². The van der Waals surface area contributed by atoms with Crippen LogP contribution in [0.5, 0.6) is 0 Å². The van der Waals surface area contributed by atoms with Crippen LogP contribution >= 0.6 is 15.9 Å². The average Bonchev–Trinajstić information content (AvgIpc) is 2.11. The molecular weight excluding hydrogens is 226 g/mol. The van der Waals surface area contributed by atoms with E-state index in [0.717, 1.165) is 23.8 Å². The molecule has 0 N–H and O–H groups in total. The predicted molar refractivity (Wildman–Crippen MR) is 62.4 cm³/mol. The lowest BCUT2D eigenvalue weighted by Crippen LogP contribution is -2.42. The summed E-state index contributed by atoms with van der Waals surface area (Å²) in [7, 11) is 0. The van der Waals surface area contributed by atoms with E-state index in [9.17, 15) is 0 Å². The number of piperidine rings is 1. The fraction of sp³-hybridized carbons (Fsp3) is 0.818. The van der Waals surface area contributed by atoms with Gasteiger partial charge < -0.3 is 0 Å². The van der Waals surface area contributed by atoms with Gasteiger partial charge in [-0.2, -0.15) is 0 Å². The van der Waals surface area contributed by atoms with Crippen LogP contribution in [0.15, 0.2) is 12.2 Å². The van der Waals surface area contributed by atoms with Crippen molar-refractivity contribution >= 4 is 15.9 Å². The van der Waals surface area contributed by atoms with Crippen LogP contribution in [0.4, 0.5) is 0 Å². The largest absolute Gasteiger partial charge is 0.296 e. The van der Waals surface area contributed by atoms with Crippen molar-refractivity contribution in [1.29, 1.82) is 0 Å². The molecule has 2 heteroatoms. The summed E-state index contributed by atoms with van der Waals surface area (Å²) < 4.78 is 0. The summed E-state index contributed by atoms with van der Waals surface area (Å²) in [5.74, 6) is 0.860. The van der Waals surface area contributed by atoms with Gasteiger partial charge in [-0.15, -0.1) is 0 Å². The van der Waals surface area contributed by atoms with Crippen LogP contribution in [0, 0.1) is 5.92 Å². The van der Waals surface area contributed by atoms with Gasteiger partial charge in [-0.25, -0.2) is 0 Å². The van der Waals surface area contributed by atoms with Crippen LogP contribution in [0.2, 0.25) is 0 Å². The van der Waals surface area contributed by atoms with E-state index in [1.807, 2.05) is 0 Å². The van der Waals surface area contributed by atoms with E-state index in [0.29, 0.717) is 0 Å². The van der Waals surface area contributed by atoms with Gasteiger partial charge in [0.15, 0.2) is 0 Å². The van der Waals surface area contributed by atoms with Crippen molar-refractivity contribution < 1.29 is 0 Å². The van der Waals surface area contributed by atoms with E-state index in [1.54, 1.807) is 0 Å². The minimum absolute atomic E-state index is 0.743. The zero-order chi connectivity index (χ0) is 9.84. The van der Waals surface area contributed by atoms with Crippen molar-refractivity contribution in [1.82, 2.24) is 4.90 Å². The first-order valence-corrected chi connectivity index (χ1v) is 6.22. The Morgan fingerprint density at radius 2 is 2.15 bits per heavy atom. The maximum absolute atomic E-state index is 4.04. The van der Waals surface area contributed by atoms with Crippen molar-refractivity contribution in [3.8, 4) is 0 Å². The summed E-state index contributed by atoms with van der Waals surface area (Å²) in [5.41, 5.74) is 1.29. The molecule has 1 fully saturated rings. The molecule has 0 amide bonds. The van der Waals surface area contributed by atoms with Gasteiger partial charge >= 0.3 is 0 Å². The first-order valence-electron chi connectivity index (χ1n) is 5.10. The maximum Gasteiger partial charge on any atom is 0.0251 e. The Morgan fingerprint density at radius 3 is 2.77 bits per heavy atom. The monoisotopic (exact) mass is 245 g/mol. The molecule has 13 heavy (non-hydrogen) atoms. The van der Waals surface area contributed by atoms with E-state index in [-0.39, 0.29) is 0 Å². The molecule has 1 nitrogen and oxygen atoms in total. The fourth-order valence-corrected chi connectivity index (χ4v) is 2.11. The van der Waals surface area contributed by atoms with Crippen molar-refractivity contribution in [2.24, 2.45) is 5.92 Å². The van der Waals surface area contributed by atoms with Gasteiger partial charge in [-0.1, -0.05) is 35.0 Å². The summed E-state index contributed by atoms with van der Waals surface area (Å²) in [6.45, 7) is 11.0. The van der Waals surface area contributed by atoms with Crippen LogP contribution in [-0.2, 0) is 0 Å². The van der Waals surface area contributed by atoms with Gasteiger partial charge in [0, 0.05) is 24.5 Å². The number of nitrogens with zero attached hydrogens (tertiary/aromatic N) is 1. The molecular formula is C11H20BrN. The van der Waals surface area contributed by atoms with Crippen molar-refractivity contribution in [2.75, 3.05) is 18.4 Å². The Labute approximate surface area is 90.3 Å². The van der Waals surface area contributed by atoms with Crippen LogP contribution in [0.1, 0.15) is 26.7 Å². The highest BCUT2D eigenvalue weighted by Gasteiger charge is 2.22. The third kappa shape index (κ3) is 3.43. The Morgan fingerprint density at radius 1 is 1.46 bits per heavy atom. The first-order chi connectivity index (χ1) is 6.13. The van der Waals surface area contributed by atoms with E-state index < -0.39 is 0 Å².